The third-order valence-electron chi connectivity index (χ3n) is 4.18. The molecule has 0 fully saturated rings. The van der Waals surface area contributed by atoms with E-state index in [-0.39, 0.29) is 41.6 Å². The average Bonchev–Trinajstić information content (AvgIpc) is 2.60. The SMILES string of the molecule is CN=C(NCc1ccc(CS(C)(=O)=O)cc1)NC(C)c1ccc(C)c(F)c1.I. The van der Waals surface area contributed by atoms with Gasteiger partial charge in [-0.1, -0.05) is 36.4 Å². The van der Waals surface area contributed by atoms with E-state index >= 15 is 0 Å². The number of guanidine groups is 1. The van der Waals surface area contributed by atoms with Crippen LogP contribution in [0.2, 0.25) is 0 Å². The predicted octanol–water partition coefficient (Wildman–Crippen LogP) is 3.72. The molecule has 28 heavy (non-hydrogen) atoms. The molecule has 0 heterocycles. The standard InChI is InChI=1S/C20H26FN3O2S.HI/c1-14-5-10-18(11-19(14)21)15(2)24-20(22-3)23-12-16-6-8-17(9-7-16)13-27(4,25)26;/h5-11,15H,12-13H2,1-4H3,(H2,22,23,24);1H. The number of nitrogens with zero attached hydrogens (tertiary/aromatic N) is 1. The van der Waals surface area contributed by atoms with Gasteiger partial charge in [0.2, 0.25) is 0 Å². The van der Waals surface area contributed by atoms with Crippen LogP contribution in [-0.2, 0) is 22.1 Å². The first-order valence-corrected chi connectivity index (χ1v) is 10.7. The molecule has 0 aliphatic rings. The maximum atomic E-state index is 13.8. The molecule has 2 aromatic carbocycles. The Labute approximate surface area is 183 Å². The Morgan fingerprint density at radius 1 is 1.14 bits per heavy atom. The summed E-state index contributed by atoms with van der Waals surface area (Å²) < 4.78 is 36.4. The first kappa shape index (κ1) is 24.4. The van der Waals surface area contributed by atoms with E-state index in [1.54, 1.807) is 20.0 Å². The summed E-state index contributed by atoms with van der Waals surface area (Å²) in [5.74, 6) is 0.413. The zero-order valence-electron chi connectivity index (χ0n) is 16.5. The Kier molecular flexibility index (Phi) is 9.35. The Balaban J connectivity index is 0.00000392. The van der Waals surface area contributed by atoms with Gasteiger partial charge in [-0.25, -0.2) is 12.8 Å². The van der Waals surface area contributed by atoms with Gasteiger partial charge in [0, 0.05) is 19.8 Å². The van der Waals surface area contributed by atoms with Gasteiger partial charge in [0.15, 0.2) is 15.8 Å². The van der Waals surface area contributed by atoms with Gasteiger partial charge >= 0.3 is 0 Å². The summed E-state index contributed by atoms with van der Waals surface area (Å²) in [5, 5.41) is 6.44. The van der Waals surface area contributed by atoms with Crippen LogP contribution in [0.3, 0.4) is 0 Å². The number of sulfone groups is 1. The van der Waals surface area contributed by atoms with Crippen molar-refractivity contribution in [2.75, 3.05) is 13.3 Å². The zero-order valence-corrected chi connectivity index (χ0v) is 19.6. The molecule has 2 N–H and O–H groups in total. The van der Waals surface area contributed by atoms with E-state index in [4.69, 9.17) is 0 Å². The topological polar surface area (TPSA) is 70.6 Å². The highest BCUT2D eigenvalue weighted by atomic mass is 127. The van der Waals surface area contributed by atoms with Crippen molar-refractivity contribution in [3.63, 3.8) is 0 Å². The van der Waals surface area contributed by atoms with Gasteiger partial charge in [-0.3, -0.25) is 4.99 Å². The van der Waals surface area contributed by atoms with Crippen molar-refractivity contribution in [1.82, 2.24) is 10.6 Å². The Morgan fingerprint density at radius 3 is 2.29 bits per heavy atom. The quantitative estimate of drug-likeness (QED) is 0.347. The molecule has 154 valence electrons. The van der Waals surface area contributed by atoms with Crippen LogP contribution in [-0.4, -0.2) is 27.7 Å². The summed E-state index contributed by atoms with van der Waals surface area (Å²) in [6, 6.07) is 12.5. The molecule has 2 rings (SSSR count). The maximum Gasteiger partial charge on any atom is 0.191 e. The summed E-state index contributed by atoms with van der Waals surface area (Å²) in [7, 11) is -1.36. The highest BCUT2D eigenvalue weighted by molar-refractivity contribution is 14.0. The highest BCUT2D eigenvalue weighted by Crippen LogP contribution is 2.16. The largest absolute Gasteiger partial charge is 0.352 e. The van der Waals surface area contributed by atoms with Gasteiger partial charge < -0.3 is 10.6 Å². The lowest BCUT2D eigenvalue weighted by Gasteiger charge is -2.19. The fourth-order valence-electron chi connectivity index (χ4n) is 2.60. The minimum absolute atomic E-state index is 0. The van der Waals surface area contributed by atoms with Crippen molar-refractivity contribution in [2.45, 2.75) is 32.2 Å². The van der Waals surface area contributed by atoms with Crippen LogP contribution in [0.5, 0.6) is 0 Å². The first-order chi connectivity index (χ1) is 12.7. The highest BCUT2D eigenvalue weighted by Gasteiger charge is 2.10. The van der Waals surface area contributed by atoms with E-state index in [0.717, 1.165) is 16.7 Å². The van der Waals surface area contributed by atoms with Crippen molar-refractivity contribution in [3.8, 4) is 0 Å². The molecule has 0 aromatic heterocycles. The average molecular weight is 519 g/mol. The third kappa shape index (κ3) is 7.75. The number of halogens is 2. The minimum Gasteiger partial charge on any atom is -0.352 e. The van der Waals surface area contributed by atoms with Gasteiger partial charge in [0.25, 0.3) is 0 Å². The monoisotopic (exact) mass is 519 g/mol. The number of hydrogen-bond donors (Lipinski definition) is 2. The maximum absolute atomic E-state index is 13.8. The van der Waals surface area contributed by atoms with Crippen molar-refractivity contribution >= 4 is 39.8 Å². The van der Waals surface area contributed by atoms with Crippen molar-refractivity contribution < 1.29 is 12.8 Å². The van der Waals surface area contributed by atoms with E-state index in [0.29, 0.717) is 18.1 Å². The van der Waals surface area contributed by atoms with E-state index in [9.17, 15) is 12.8 Å². The molecule has 5 nitrogen and oxygen atoms in total. The number of benzene rings is 2. The van der Waals surface area contributed by atoms with Crippen LogP contribution in [0.15, 0.2) is 47.5 Å². The molecule has 0 saturated carbocycles. The van der Waals surface area contributed by atoms with Crippen molar-refractivity contribution in [2.24, 2.45) is 4.99 Å². The fourth-order valence-corrected chi connectivity index (χ4v) is 3.40. The van der Waals surface area contributed by atoms with E-state index in [1.807, 2.05) is 37.3 Å². The summed E-state index contributed by atoms with van der Waals surface area (Å²) in [4.78, 5) is 4.20. The molecule has 0 aliphatic heterocycles. The molecule has 8 heteroatoms. The lowest BCUT2D eigenvalue weighted by molar-refractivity contribution is 0.601. The lowest BCUT2D eigenvalue weighted by atomic mass is 10.1. The second-order valence-corrected chi connectivity index (χ2v) is 8.83. The van der Waals surface area contributed by atoms with Crippen LogP contribution in [0.25, 0.3) is 0 Å². The predicted molar refractivity (Wildman–Crippen MR) is 123 cm³/mol. The van der Waals surface area contributed by atoms with Crippen LogP contribution >= 0.6 is 24.0 Å². The summed E-state index contributed by atoms with van der Waals surface area (Å²) in [5.41, 5.74) is 3.22. The van der Waals surface area contributed by atoms with Gasteiger partial charge in [-0.2, -0.15) is 0 Å². The van der Waals surface area contributed by atoms with Gasteiger partial charge in [-0.15, -0.1) is 24.0 Å². The molecular weight excluding hydrogens is 492 g/mol. The van der Waals surface area contributed by atoms with Crippen LogP contribution in [0.1, 0.15) is 35.2 Å². The molecule has 1 unspecified atom stereocenters. The number of rotatable bonds is 6. The van der Waals surface area contributed by atoms with Gasteiger partial charge in [0.1, 0.15) is 5.82 Å². The van der Waals surface area contributed by atoms with Crippen LogP contribution < -0.4 is 10.6 Å². The lowest BCUT2D eigenvalue weighted by Crippen LogP contribution is -2.38. The fraction of sp³-hybridized carbons (Fsp3) is 0.350. The smallest absolute Gasteiger partial charge is 0.191 e. The summed E-state index contributed by atoms with van der Waals surface area (Å²) >= 11 is 0. The second-order valence-electron chi connectivity index (χ2n) is 6.69. The number of nitrogens with one attached hydrogen (secondary N) is 2. The molecule has 0 spiro atoms. The molecule has 0 saturated heterocycles. The molecule has 0 radical (unpaired) electrons. The molecule has 2 aromatic rings. The Morgan fingerprint density at radius 2 is 1.75 bits per heavy atom. The normalized spacial score (nSPS) is 12.8. The van der Waals surface area contributed by atoms with Gasteiger partial charge in [0.05, 0.1) is 11.8 Å². The molecule has 0 amide bonds. The summed E-state index contributed by atoms with van der Waals surface area (Å²) in [6.45, 7) is 4.21. The van der Waals surface area contributed by atoms with E-state index in [2.05, 4.69) is 15.6 Å². The second kappa shape index (κ2) is 10.8. The van der Waals surface area contributed by atoms with Crippen LogP contribution in [0, 0.1) is 12.7 Å². The first-order valence-electron chi connectivity index (χ1n) is 8.66. The Hall–Kier alpha value is -1.68. The number of aryl methyl sites for hydroxylation is 1. The Bertz CT molecular complexity index is 916. The molecular formula is C20H27FIN3O2S. The van der Waals surface area contributed by atoms with E-state index < -0.39 is 9.84 Å². The number of hydrogen-bond acceptors (Lipinski definition) is 3. The molecule has 1 atom stereocenters. The zero-order chi connectivity index (χ0) is 20.0. The summed E-state index contributed by atoms with van der Waals surface area (Å²) in [6.07, 6.45) is 1.22. The number of aliphatic imine (C=N–C) groups is 1. The van der Waals surface area contributed by atoms with Crippen LogP contribution in [0.4, 0.5) is 4.39 Å². The third-order valence-corrected chi connectivity index (χ3v) is 5.04. The molecule has 0 aliphatic carbocycles. The van der Waals surface area contributed by atoms with E-state index in [1.165, 1.54) is 12.3 Å². The van der Waals surface area contributed by atoms with Gasteiger partial charge in [-0.05, 0) is 42.2 Å². The van der Waals surface area contributed by atoms with Crippen molar-refractivity contribution in [1.29, 1.82) is 0 Å². The van der Waals surface area contributed by atoms with Crippen molar-refractivity contribution in [3.05, 3.63) is 70.5 Å². The molecule has 0 bridgehead atoms. The minimum atomic E-state index is -3.04.